The van der Waals surface area contributed by atoms with Crippen LogP contribution in [0.25, 0.3) is 0 Å². The van der Waals surface area contributed by atoms with E-state index in [4.69, 9.17) is 0 Å². The number of carbonyl (C=O) groups excluding carboxylic acids is 4. The van der Waals surface area contributed by atoms with E-state index in [9.17, 15) is 19.2 Å². The van der Waals surface area contributed by atoms with Crippen molar-refractivity contribution in [2.75, 3.05) is 23.0 Å². The SMILES string of the molecule is CC(NC(=O)c1cncc(Br)c1)C(=O)CCSCCCCCCCCCCSCCC(=O)C(C)NC(=O)c1cncc(Br)c1. The second kappa shape index (κ2) is 22.7. The maximum Gasteiger partial charge on any atom is 0.253 e. The predicted molar refractivity (Wildman–Crippen MR) is 189 cm³/mol. The van der Waals surface area contributed by atoms with Gasteiger partial charge >= 0.3 is 0 Å². The Hall–Kier alpha value is -1.76. The molecule has 2 aromatic heterocycles. The van der Waals surface area contributed by atoms with E-state index in [0.717, 1.165) is 32.0 Å². The van der Waals surface area contributed by atoms with Crippen molar-refractivity contribution >= 4 is 78.8 Å². The van der Waals surface area contributed by atoms with Gasteiger partial charge in [0.15, 0.2) is 11.6 Å². The van der Waals surface area contributed by atoms with Crippen LogP contribution >= 0.6 is 55.4 Å². The molecule has 2 atom stereocenters. The number of Topliss-reactive ketones (excluding diaryl/α,β-unsaturated/α-hetero) is 2. The molecule has 2 aromatic rings. The Kier molecular flexibility index (Phi) is 19.8. The van der Waals surface area contributed by atoms with E-state index in [1.54, 1.807) is 38.4 Å². The number of nitrogens with zero attached hydrogens (tertiary/aromatic N) is 2. The van der Waals surface area contributed by atoms with Crippen molar-refractivity contribution in [3.8, 4) is 0 Å². The summed E-state index contributed by atoms with van der Waals surface area (Å²) in [6.07, 6.45) is 16.9. The lowest BCUT2D eigenvalue weighted by molar-refractivity contribution is -0.120. The standard InChI is InChI=1S/C32H44Br2N4O4S2/c1-23(37-31(41)25-17-27(33)21-35-19-25)29(39)11-15-43-13-9-7-5-3-4-6-8-10-14-44-16-12-30(40)24(2)38-32(42)26-18-28(34)22-36-20-26/h17-24H,3-16H2,1-2H3,(H,37,41)(H,38,42). The zero-order valence-corrected chi connectivity index (χ0v) is 30.4. The molecule has 2 amide bonds. The first-order valence-corrected chi connectivity index (χ1v) is 19.1. The van der Waals surface area contributed by atoms with Crippen LogP contribution in [0.4, 0.5) is 0 Å². The lowest BCUT2D eigenvalue weighted by atomic mass is 10.1. The van der Waals surface area contributed by atoms with Crippen molar-refractivity contribution in [3.05, 3.63) is 57.0 Å². The fourth-order valence-electron chi connectivity index (χ4n) is 4.24. The lowest BCUT2D eigenvalue weighted by Gasteiger charge is -2.13. The summed E-state index contributed by atoms with van der Waals surface area (Å²) in [4.78, 5) is 57.2. The number of hydrogen-bond donors (Lipinski definition) is 2. The zero-order chi connectivity index (χ0) is 32.2. The number of halogens is 2. The Balaban J connectivity index is 1.36. The molecule has 2 heterocycles. The van der Waals surface area contributed by atoms with Gasteiger partial charge in [0.1, 0.15) is 0 Å². The van der Waals surface area contributed by atoms with Crippen molar-refractivity contribution in [1.29, 1.82) is 0 Å². The molecule has 0 fully saturated rings. The summed E-state index contributed by atoms with van der Waals surface area (Å²) in [6.45, 7) is 3.46. The van der Waals surface area contributed by atoms with Gasteiger partial charge in [0.2, 0.25) is 0 Å². The van der Waals surface area contributed by atoms with E-state index in [2.05, 4.69) is 52.5 Å². The molecule has 8 nitrogen and oxygen atoms in total. The Labute approximate surface area is 287 Å². The summed E-state index contributed by atoms with van der Waals surface area (Å²) < 4.78 is 1.45. The minimum Gasteiger partial charge on any atom is -0.342 e. The third kappa shape index (κ3) is 16.5. The smallest absolute Gasteiger partial charge is 0.253 e. The number of thioether (sulfide) groups is 2. The normalized spacial score (nSPS) is 12.4. The summed E-state index contributed by atoms with van der Waals surface area (Å²) in [5.41, 5.74) is 0.860. The monoisotopic (exact) mass is 770 g/mol. The van der Waals surface area contributed by atoms with E-state index in [-0.39, 0.29) is 23.4 Å². The van der Waals surface area contributed by atoms with Gasteiger partial charge in [-0.2, -0.15) is 23.5 Å². The highest BCUT2D eigenvalue weighted by Gasteiger charge is 2.18. The first-order chi connectivity index (χ1) is 21.2. The van der Waals surface area contributed by atoms with E-state index in [1.165, 1.54) is 63.8 Å². The molecular formula is C32H44Br2N4O4S2. The molecule has 0 saturated carbocycles. The van der Waals surface area contributed by atoms with Gasteiger partial charge < -0.3 is 10.6 Å². The van der Waals surface area contributed by atoms with Crippen LogP contribution in [-0.2, 0) is 9.59 Å². The fourth-order valence-corrected chi connectivity index (χ4v) is 6.89. The molecule has 0 aliphatic heterocycles. The minimum atomic E-state index is -0.513. The highest BCUT2D eigenvalue weighted by Crippen LogP contribution is 2.15. The molecule has 2 N–H and O–H groups in total. The topological polar surface area (TPSA) is 118 Å². The van der Waals surface area contributed by atoms with Crippen molar-refractivity contribution in [2.24, 2.45) is 0 Å². The summed E-state index contributed by atoms with van der Waals surface area (Å²) in [6, 6.07) is 2.34. The predicted octanol–water partition coefficient (Wildman–Crippen LogP) is 7.44. The Morgan fingerprint density at radius 3 is 1.34 bits per heavy atom. The van der Waals surface area contributed by atoms with Gasteiger partial charge in [0.25, 0.3) is 11.8 Å². The first-order valence-electron chi connectivity index (χ1n) is 15.2. The maximum atomic E-state index is 12.4. The Morgan fingerprint density at radius 1 is 0.614 bits per heavy atom. The van der Waals surface area contributed by atoms with Gasteiger partial charge in [-0.25, -0.2) is 0 Å². The second-order valence-electron chi connectivity index (χ2n) is 10.7. The number of aromatic nitrogens is 2. The van der Waals surface area contributed by atoms with Gasteiger partial charge in [0, 0.05) is 58.1 Å². The first kappa shape index (κ1) is 38.4. The molecule has 0 aromatic carbocycles. The molecule has 0 radical (unpaired) electrons. The number of unbranched alkanes of at least 4 members (excludes halogenated alkanes) is 7. The highest BCUT2D eigenvalue weighted by molar-refractivity contribution is 9.10. The molecule has 0 spiro atoms. The molecule has 44 heavy (non-hydrogen) atoms. The fraction of sp³-hybridized carbons (Fsp3) is 0.562. The van der Waals surface area contributed by atoms with Crippen LogP contribution in [0.2, 0.25) is 0 Å². The third-order valence-electron chi connectivity index (χ3n) is 6.91. The number of carbonyl (C=O) groups is 4. The average molecular weight is 773 g/mol. The molecule has 2 unspecified atom stereocenters. The van der Waals surface area contributed by atoms with E-state index in [0.29, 0.717) is 24.0 Å². The minimum absolute atomic E-state index is 0.0479. The van der Waals surface area contributed by atoms with Gasteiger partial charge in [-0.1, -0.05) is 38.5 Å². The molecule has 0 aliphatic rings. The van der Waals surface area contributed by atoms with Crippen LogP contribution in [-0.4, -0.2) is 68.4 Å². The number of pyridine rings is 2. The van der Waals surface area contributed by atoms with Crippen LogP contribution < -0.4 is 10.6 Å². The second-order valence-corrected chi connectivity index (χ2v) is 14.9. The van der Waals surface area contributed by atoms with Crippen LogP contribution in [0.5, 0.6) is 0 Å². The number of ketones is 2. The van der Waals surface area contributed by atoms with E-state index >= 15 is 0 Å². The van der Waals surface area contributed by atoms with Crippen LogP contribution in [0.1, 0.15) is 98.8 Å². The number of hydrogen-bond acceptors (Lipinski definition) is 8. The molecule has 242 valence electrons. The largest absolute Gasteiger partial charge is 0.342 e. The van der Waals surface area contributed by atoms with Crippen LogP contribution in [0.3, 0.4) is 0 Å². The van der Waals surface area contributed by atoms with Crippen molar-refractivity contribution in [1.82, 2.24) is 20.6 Å². The molecule has 0 saturated heterocycles. The quantitative estimate of drug-likeness (QED) is 0.112. The summed E-state index contributed by atoms with van der Waals surface area (Å²) >= 11 is 10.2. The van der Waals surface area contributed by atoms with Crippen molar-refractivity contribution in [2.45, 2.75) is 90.1 Å². The molecule has 0 bridgehead atoms. The zero-order valence-electron chi connectivity index (χ0n) is 25.6. The number of amides is 2. The van der Waals surface area contributed by atoms with Crippen molar-refractivity contribution < 1.29 is 19.2 Å². The van der Waals surface area contributed by atoms with Crippen LogP contribution in [0.15, 0.2) is 45.9 Å². The van der Waals surface area contributed by atoms with Crippen molar-refractivity contribution in [3.63, 3.8) is 0 Å². The maximum absolute atomic E-state index is 12.4. The summed E-state index contributed by atoms with van der Waals surface area (Å²) in [7, 11) is 0. The number of rotatable bonds is 23. The Morgan fingerprint density at radius 2 is 0.977 bits per heavy atom. The highest BCUT2D eigenvalue weighted by atomic mass is 79.9. The molecule has 12 heteroatoms. The molecular weight excluding hydrogens is 728 g/mol. The summed E-state index contributed by atoms with van der Waals surface area (Å²) in [5, 5.41) is 5.52. The van der Waals surface area contributed by atoms with Crippen LogP contribution in [0, 0.1) is 0 Å². The van der Waals surface area contributed by atoms with E-state index in [1.807, 2.05) is 23.5 Å². The van der Waals surface area contributed by atoms with Gasteiger partial charge in [0.05, 0.1) is 23.2 Å². The Bertz CT molecular complexity index is 1110. The van der Waals surface area contributed by atoms with E-state index < -0.39 is 12.1 Å². The molecule has 0 aliphatic carbocycles. The number of nitrogens with one attached hydrogen (secondary N) is 2. The average Bonchev–Trinajstić information content (AvgIpc) is 3.00. The molecule has 2 rings (SSSR count). The van der Waals surface area contributed by atoms with Gasteiger partial charge in [-0.15, -0.1) is 0 Å². The lowest BCUT2D eigenvalue weighted by Crippen LogP contribution is -2.38. The van der Waals surface area contributed by atoms with Gasteiger partial charge in [-0.05, 0) is 82.2 Å². The summed E-state index contributed by atoms with van der Waals surface area (Å²) in [5.74, 6) is 3.20. The third-order valence-corrected chi connectivity index (χ3v) is 9.92. The van der Waals surface area contributed by atoms with Gasteiger partial charge in [-0.3, -0.25) is 29.1 Å².